The second kappa shape index (κ2) is 6.05. The predicted molar refractivity (Wildman–Crippen MR) is 38.6 cm³/mol. The highest BCUT2D eigenvalue weighted by atomic mass is 35.5. The number of carbonyl (C=O) groups excluding carboxylic acids is 1. The first kappa shape index (κ1) is 8.92. The number of nitrogens with one attached hydrogen (secondary N) is 1. The number of unbranched alkanes of at least 4 members (excludes halogenated alkanes) is 1. The molecular weight excluding hydrogens is 138 g/mol. The summed E-state index contributed by atoms with van der Waals surface area (Å²) in [7, 11) is 0. The summed E-state index contributed by atoms with van der Waals surface area (Å²) < 4.78 is 0. The van der Waals surface area contributed by atoms with Gasteiger partial charge in [-0.05, 0) is 24.6 Å². The van der Waals surface area contributed by atoms with Crippen LogP contribution in [0.3, 0.4) is 0 Å². The Morgan fingerprint density at radius 3 is 2.78 bits per heavy atom. The maximum absolute atomic E-state index is 10.1. The Morgan fingerprint density at radius 2 is 2.33 bits per heavy atom. The van der Waals surface area contributed by atoms with Gasteiger partial charge in [-0.25, -0.2) is 0 Å². The molecule has 0 aliphatic heterocycles. The van der Waals surface area contributed by atoms with Crippen LogP contribution in [-0.4, -0.2) is 18.3 Å². The molecule has 0 radical (unpaired) electrons. The maximum Gasteiger partial charge on any atom is 0.235 e. The standard InChI is InChI=1S/C6H12ClNO/c1-2-3-4-8-5-6(7)9/h8H,2-5H2,1H3. The number of rotatable bonds is 5. The van der Waals surface area contributed by atoms with Crippen LogP contribution in [0.1, 0.15) is 19.8 Å². The molecule has 0 amide bonds. The summed E-state index contributed by atoms with van der Waals surface area (Å²) in [6.07, 6.45) is 2.24. The van der Waals surface area contributed by atoms with E-state index in [-0.39, 0.29) is 5.24 Å². The zero-order valence-electron chi connectivity index (χ0n) is 5.61. The van der Waals surface area contributed by atoms with Crippen LogP contribution in [0.2, 0.25) is 0 Å². The third-order valence-electron chi connectivity index (χ3n) is 0.971. The second-order valence-electron chi connectivity index (χ2n) is 1.89. The summed E-state index contributed by atoms with van der Waals surface area (Å²) >= 11 is 5.06. The van der Waals surface area contributed by atoms with E-state index >= 15 is 0 Å². The third-order valence-corrected chi connectivity index (χ3v) is 1.10. The number of halogens is 1. The van der Waals surface area contributed by atoms with Gasteiger partial charge in [0.05, 0.1) is 6.54 Å². The van der Waals surface area contributed by atoms with Crippen molar-refractivity contribution in [2.75, 3.05) is 13.1 Å². The summed E-state index contributed by atoms with van der Waals surface area (Å²) in [4.78, 5) is 10.1. The fourth-order valence-electron chi connectivity index (χ4n) is 0.488. The van der Waals surface area contributed by atoms with Crippen LogP contribution in [0.15, 0.2) is 0 Å². The predicted octanol–water partition coefficient (Wildman–Crippen LogP) is 1.14. The minimum absolute atomic E-state index is 0.293. The highest BCUT2D eigenvalue weighted by Gasteiger charge is 1.91. The van der Waals surface area contributed by atoms with Gasteiger partial charge in [0.15, 0.2) is 0 Å². The van der Waals surface area contributed by atoms with Crippen LogP contribution in [0, 0.1) is 0 Å². The van der Waals surface area contributed by atoms with Crippen molar-refractivity contribution < 1.29 is 4.79 Å². The SMILES string of the molecule is CCCCNCC(=O)Cl. The van der Waals surface area contributed by atoms with Gasteiger partial charge in [-0.3, -0.25) is 4.79 Å². The highest BCUT2D eigenvalue weighted by Crippen LogP contribution is 1.82. The Hall–Kier alpha value is -0.0800. The zero-order valence-corrected chi connectivity index (χ0v) is 6.37. The topological polar surface area (TPSA) is 29.1 Å². The Bertz CT molecular complexity index is 85.1. The van der Waals surface area contributed by atoms with E-state index in [9.17, 15) is 4.79 Å². The smallest absolute Gasteiger partial charge is 0.235 e. The number of carbonyl (C=O) groups is 1. The molecule has 1 N–H and O–H groups in total. The minimum atomic E-state index is -0.314. The molecule has 0 aromatic rings. The minimum Gasteiger partial charge on any atom is -0.309 e. The molecule has 0 unspecified atom stereocenters. The largest absolute Gasteiger partial charge is 0.309 e. The first-order valence-electron chi connectivity index (χ1n) is 3.16. The van der Waals surface area contributed by atoms with E-state index in [4.69, 9.17) is 11.6 Å². The van der Waals surface area contributed by atoms with Gasteiger partial charge in [-0.1, -0.05) is 13.3 Å². The van der Waals surface area contributed by atoms with Gasteiger partial charge in [-0.2, -0.15) is 0 Å². The molecule has 0 saturated heterocycles. The quantitative estimate of drug-likeness (QED) is 0.469. The van der Waals surface area contributed by atoms with Crippen molar-refractivity contribution in [3.8, 4) is 0 Å². The molecule has 0 fully saturated rings. The summed E-state index contributed by atoms with van der Waals surface area (Å²) in [6.45, 7) is 3.28. The molecule has 3 heteroatoms. The first-order valence-corrected chi connectivity index (χ1v) is 3.54. The van der Waals surface area contributed by atoms with Gasteiger partial charge in [0, 0.05) is 0 Å². The van der Waals surface area contributed by atoms with Crippen LogP contribution < -0.4 is 5.32 Å². The zero-order chi connectivity index (χ0) is 7.11. The van der Waals surface area contributed by atoms with Crippen LogP contribution in [0.25, 0.3) is 0 Å². The van der Waals surface area contributed by atoms with Crippen LogP contribution in [-0.2, 0) is 4.79 Å². The van der Waals surface area contributed by atoms with E-state index in [1.807, 2.05) is 0 Å². The van der Waals surface area contributed by atoms with Gasteiger partial charge in [0.2, 0.25) is 5.24 Å². The van der Waals surface area contributed by atoms with Crippen molar-refractivity contribution in [3.63, 3.8) is 0 Å². The van der Waals surface area contributed by atoms with Crippen molar-refractivity contribution in [1.82, 2.24) is 5.32 Å². The van der Waals surface area contributed by atoms with Gasteiger partial charge >= 0.3 is 0 Å². The van der Waals surface area contributed by atoms with Crippen molar-refractivity contribution in [1.29, 1.82) is 0 Å². The molecule has 0 aliphatic rings. The van der Waals surface area contributed by atoms with Gasteiger partial charge in [0.25, 0.3) is 0 Å². The van der Waals surface area contributed by atoms with E-state index < -0.39 is 0 Å². The first-order chi connectivity index (χ1) is 4.27. The molecule has 54 valence electrons. The van der Waals surface area contributed by atoms with E-state index in [0.29, 0.717) is 6.54 Å². The Labute approximate surface area is 60.6 Å². The molecule has 0 saturated carbocycles. The number of hydrogen-bond donors (Lipinski definition) is 1. The Kier molecular flexibility index (Phi) is 5.99. The lowest BCUT2D eigenvalue weighted by Crippen LogP contribution is -2.20. The summed E-state index contributed by atoms with van der Waals surface area (Å²) in [5.41, 5.74) is 0. The van der Waals surface area contributed by atoms with E-state index in [0.717, 1.165) is 19.4 Å². The molecule has 0 spiro atoms. The Morgan fingerprint density at radius 1 is 1.67 bits per heavy atom. The fourth-order valence-corrected chi connectivity index (χ4v) is 0.583. The van der Waals surface area contributed by atoms with E-state index in [1.54, 1.807) is 0 Å². The normalized spacial score (nSPS) is 9.56. The van der Waals surface area contributed by atoms with Gasteiger partial charge in [0.1, 0.15) is 0 Å². The van der Waals surface area contributed by atoms with Gasteiger partial charge < -0.3 is 5.32 Å². The molecule has 0 heterocycles. The van der Waals surface area contributed by atoms with Crippen molar-refractivity contribution in [2.24, 2.45) is 0 Å². The van der Waals surface area contributed by atoms with Crippen LogP contribution >= 0.6 is 11.6 Å². The van der Waals surface area contributed by atoms with Crippen molar-refractivity contribution in [3.05, 3.63) is 0 Å². The second-order valence-corrected chi connectivity index (χ2v) is 2.31. The molecular formula is C6H12ClNO. The van der Waals surface area contributed by atoms with Crippen LogP contribution in [0.5, 0.6) is 0 Å². The van der Waals surface area contributed by atoms with Gasteiger partial charge in [-0.15, -0.1) is 0 Å². The highest BCUT2D eigenvalue weighted by molar-refractivity contribution is 6.64. The molecule has 0 aromatic heterocycles. The lowest BCUT2D eigenvalue weighted by molar-refractivity contribution is -0.110. The molecule has 0 aliphatic carbocycles. The summed E-state index contributed by atoms with van der Waals surface area (Å²) in [6, 6.07) is 0. The molecule has 0 atom stereocenters. The monoisotopic (exact) mass is 149 g/mol. The van der Waals surface area contributed by atoms with Crippen LogP contribution in [0.4, 0.5) is 0 Å². The average molecular weight is 150 g/mol. The molecule has 2 nitrogen and oxygen atoms in total. The number of hydrogen-bond acceptors (Lipinski definition) is 2. The van der Waals surface area contributed by atoms with Crippen molar-refractivity contribution in [2.45, 2.75) is 19.8 Å². The van der Waals surface area contributed by atoms with E-state index in [2.05, 4.69) is 12.2 Å². The van der Waals surface area contributed by atoms with Crippen molar-refractivity contribution >= 4 is 16.8 Å². The molecule has 0 aromatic carbocycles. The fraction of sp³-hybridized carbons (Fsp3) is 0.833. The summed E-state index contributed by atoms with van der Waals surface area (Å²) in [5.74, 6) is 0. The summed E-state index contributed by atoms with van der Waals surface area (Å²) in [5, 5.41) is 2.59. The molecule has 0 bridgehead atoms. The average Bonchev–Trinajstić information content (AvgIpc) is 1.80. The lowest BCUT2D eigenvalue weighted by atomic mass is 10.3. The Balaban J connectivity index is 2.83. The maximum atomic E-state index is 10.1. The molecule has 9 heavy (non-hydrogen) atoms. The van der Waals surface area contributed by atoms with E-state index in [1.165, 1.54) is 0 Å². The third kappa shape index (κ3) is 7.92. The molecule has 0 rings (SSSR count). The lowest BCUT2D eigenvalue weighted by Gasteiger charge is -1.96.